The molecule has 0 spiro atoms. The van der Waals surface area contributed by atoms with Gasteiger partial charge in [-0.25, -0.2) is 9.97 Å². The topological polar surface area (TPSA) is 82.5 Å². The Bertz CT molecular complexity index is 708. The monoisotopic (exact) mass is 258 g/mol. The largest absolute Gasteiger partial charge is 0.397 e. The van der Waals surface area contributed by atoms with Crippen LogP contribution in [0.25, 0.3) is 11.0 Å². The third-order valence-corrected chi connectivity index (χ3v) is 3.62. The van der Waals surface area contributed by atoms with Crippen LogP contribution in [0.1, 0.15) is 0 Å². The lowest BCUT2D eigenvalue weighted by Gasteiger charge is -2.04. The van der Waals surface area contributed by atoms with E-state index in [1.165, 1.54) is 18.1 Å². The molecule has 0 aromatic carbocycles. The van der Waals surface area contributed by atoms with Gasteiger partial charge in [0.25, 0.3) is 0 Å². The first-order valence-electron chi connectivity index (χ1n) is 5.26. The number of pyridine rings is 1. The number of nitrogens with two attached hydrogens (primary N) is 1. The van der Waals surface area contributed by atoms with Crippen molar-refractivity contribution in [2.75, 3.05) is 5.73 Å². The fourth-order valence-electron chi connectivity index (χ4n) is 1.61. The highest BCUT2D eigenvalue weighted by Gasteiger charge is 2.10. The van der Waals surface area contributed by atoms with E-state index in [2.05, 4.69) is 20.1 Å². The zero-order valence-electron chi connectivity index (χ0n) is 9.61. The first-order chi connectivity index (χ1) is 8.75. The van der Waals surface area contributed by atoms with E-state index in [0.717, 1.165) is 21.0 Å². The third-order valence-electron chi connectivity index (χ3n) is 2.51. The van der Waals surface area contributed by atoms with Crippen LogP contribution in [0.3, 0.4) is 0 Å². The number of anilines is 1. The van der Waals surface area contributed by atoms with Gasteiger partial charge in [0.05, 0.1) is 23.5 Å². The van der Waals surface area contributed by atoms with Gasteiger partial charge in [0, 0.05) is 18.1 Å². The Labute approximate surface area is 107 Å². The number of nitrogen functional groups attached to an aromatic ring is 1. The molecule has 3 rings (SSSR count). The van der Waals surface area contributed by atoms with Crippen LogP contribution in [0.4, 0.5) is 5.69 Å². The van der Waals surface area contributed by atoms with Crippen LogP contribution in [0, 0.1) is 0 Å². The first-order valence-corrected chi connectivity index (χ1v) is 6.07. The third kappa shape index (κ3) is 1.78. The SMILES string of the molecule is Cn1ncc2c(Sc3ccncc3N)ncnc21. The number of hydrogen-bond donors (Lipinski definition) is 1. The quantitative estimate of drug-likeness (QED) is 0.701. The van der Waals surface area contributed by atoms with Crippen molar-refractivity contribution in [2.24, 2.45) is 7.05 Å². The summed E-state index contributed by atoms with van der Waals surface area (Å²) in [5.41, 5.74) is 7.31. The predicted molar refractivity (Wildman–Crippen MR) is 69.1 cm³/mol. The zero-order valence-corrected chi connectivity index (χ0v) is 10.4. The summed E-state index contributed by atoms with van der Waals surface area (Å²) in [6.07, 6.45) is 6.63. The molecule has 0 aliphatic carbocycles. The van der Waals surface area contributed by atoms with E-state index in [1.54, 1.807) is 23.3 Å². The van der Waals surface area contributed by atoms with Crippen LogP contribution >= 0.6 is 11.8 Å². The van der Waals surface area contributed by atoms with Crippen molar-refractivity contribution < 1.29 is 0 Å². The molecule has 0 aliphatic rings. The highest BCUT2D eigenvalue weighted by atomic mass is 32.2. The lowest BCUT2D eigenvalue weighted by Crippen LogP contribution is -1.93. The lowest BCUT2D eigenvalue weighted by molar-refractivity contribution is 0.784. The van der Waals surface area contributed by atoms with Gasteiger partial charge in [0.15, 0.2) is 5.65 Å². The van der Waals surface area contributed by atoms with Crippen molar-refractivity contribution >= 4 is 28.5 Å². The van der Waals surface area contributed by atoms with E-state index in [1.807, 2.05) is 13.1 Å². The zero-order chi connectivity index (χ0) is 12.5. The maximum Gasteiger partial charge on any atom is 0.162 e. The average Bonchev–Trinajstić information content (AvgIpc) is 2.76. The van der Waals surface area contributed by atoms with Gasteiger partial charge in [-0.15, -0.1) is 0 Å². The second-order valence-corrected chi connectivity index (χ2v) is 4.73. The Balaban J connectivity index is 2.08. The van der Waals surface area contributed by atoms with Crippen LogP contribution in [-0.2, 0) is 7.05 Å². The van der Waals surface area contributed by atoms with Crippen LogP contribution < -0.4 is 5.73 Å². The van der Waals surface area contributed by atoms with Crippen LogP contribution in [0.15, 0.2) is 40.9 Å². The maximum atomic E-state index is 5.87. The highest BCUT2D eigenvalue weighted by Crippen LogP contribution is 2.33. The standard InChI is InChI=1S/C11H10N6S/c1-17-10-7(4-16-17)11(15-6-14-10)18-9-2-3-13-5-8(9)12/h2-6H,12H2,1H3. The summed E-state index contributed by atoms with van der Waals surface area (Å²) >= 11 is 1.49. The minimum atomic E-state index is 0.637. The van der Waals surface area contributed by atoms with Crippen molar-refractivity contribution in [1.82, 2.24) is 24.7 Å². The van der Waals surface area contributed by atoms with Gasteiger partial charge in [-0.3, -0.25) is 9.67 Å². The number of rotatable bonds is 2. The Morgan fingerprint density at radius 2 is 2.17 bits per heavy atom. The number of nitrogens with zero attached hydrogens (tertiary/aromatic N) is 5. The summed E-state index contributed by atoms with van der Waals surface area (Å²) in [7, 11) is 1.85. The molecule has 3 aromatic rings. The molecular formula is C11H10N6S. The summed E-state index contributed by atoms with van der Waals surface area (Å²) in [5.74, 6) is 0. The van der Waals surface area contributed by atoms with Gasteiger partial charge < -0.3 is 5.73 Å². The first kappa shape index (κ1) is 11.0. The second kappa shape index (κ2) is 4.26. The second-order valence-electron chi connectivity index (χ2n) is 3.70. The van der Waals surface area contributed by atoms with Crippen LogP contribution in [0.2, 0.25) is 0 Å². The van der Waals surface area contributed by atoms with E-state index >= 15 is 0 Å². The summed E-state index contributed by atoms with van der Waals surface area (Å²) < 4.78 is 1.72. The summed E-state index contributed by atoms with van der Waals surface area (Å²) in [6.45, 7) is 0. The summed E-state index contributed by atoms with van der Waals surface area (Å²) in [4.78, 5) is 13.4. The van der Waals surface area contributed by atoms with E-state index in [9.17, 15) is 0 Å². The normalized spacial score (nSPS) is 10.9. The molecule has 0 unspecified atom stereocenters. The predicted octanol–water partition coefficient (Wildman–Crippen LogP) is 1.49. The van der Waals surface area contributed by atoms with Crippen molar-refractivity contribution in [3.63, 3.8) is 0 Å². The molecular weight excluding hydrogens is 248 g/mol. The fraction of sp³-hybridized carbons (Fsp3) is 0.0909. The molecule has 0 bridgehead atoms. The molecule has 0 saturated heterocycles. The van der Waals surface area contributed by atoms with E-state index in [0.29, 0.717) is 5.69 Å². The Kier molecular flexibility index (Phi) is 2.60. The number of hydrogen-bond acceptors (Lipinski definition) is 6. The van der Waals surface area contributed by atoms with Gasteiger partial charge in [0.1, 0.15) is 11.4 Å². The van der Waals surface area contributed by atoms with Crippen LogP contribution in [0.5, 0.6) is 0 Å². The molecule has 0 fully saturated rings. The molecule has 0 aliphatic heterocycles. The maximum absolute atomic E-state index is 5.87. The molecule has 7 heteroatoms. The summed E-state index contributed by atoms with van der Waals surface area (Å²) in [6, 6.07) is 1.87. The van der Waals surface area contributed by atoms with Gasteiger partial charge >= 0.3 is 0 Å². The molecule has 18 heavy (non-hydrogen) atoms. The highest BCUT2D eigenvalue weighted by molar-refractivity contribution is 7.99. The van der Waals surface area contributed by atoms with Gasteiger partial charge in [0.2, 0.25) is 0 Å². The Hall–Kier alpha value is -2.15. The van der Waals surface area contributed by atoms with E-state index < -0.39 is 0 Å². The minimum Gasteiger partial charge on any atom is -0.397 e. The molecule has 0 radical (unpaired) electrons. The van der Waals surface area contributed by atoms with E-state index in [-0.39, 0.29) is 0 Å². The smallest absolute Gasteiger partial charge is 0.162 e. The Morgan fingerprint density at radius 1 is 1.28 bits per heavy atom. The molecule has 90 valence electrons. The molecule has 6 nitrogen and oxygen atoms in total. The molecule has 3 aromatic heterocycles. The average molecular weight is 258 g/mol. The van der Waals surface area contributed by atoms with Gasteiger partial charge in [-0.05, 0) is 6.07 Å². The van der Waals surface area contributed by atoms with Crippen molar-refractivity contribution in [2.45, 2.75) is 9.92 Å². The van der Waals surface area contributed by atoms with Crippen LogP contribution in [-0.4, -0.2) is 24.7 Å². The van der Waals surface area contributed by atoms with Crippen molar-refractivity contribution in [1.29, 1.82) is 0 Å². The molecule has 0 atom stereocenters. The lowest BCUT2D eigenvalue weighted by atomic mass is 10.4. The van der Waals surface area contributed by atoms with Crippen molar-refractivity contribution in [3.8, 4) is 0 Å². The summed E-state index contributed by atoms with van der Waals surface area (Å²) in [5, 5.41) is 5.93. The molecule has 3 heterocycles. The van der Waals surface area contributed by atoms with E-state index in [4.69, 9.17) is 5.73 Å². The Morgan fingerprint density at radius 3 is 3.00 bits per heavy atom. The van der Waals surface area contributed by atoms with Gasteiger partial charge in [-0.1, -0.05) is 11.8 Å². The number of aryl methyl sites for hydroxylation is 1. The van der Waals surface area contributed by atoms with Gasteiger partial charge in [-0.2, -0.15) is 5.10 Å². The fourth-order valence-corrected chi connectivity index (χ4v) is 2.47. The van der Waals surface area contributed by atoms with Crippen molar-refractivity contribution in [3.05, 3.63) is 31.0 Å². The molecule has 2 N–H and O–H groups in total. The molecule has 0 saturated carbocycles. The number of fused-ring (bicyclic) bond motifs is 1. The molecule has 0 amide bonds. The number of aromatic nitrogens is 5. The minimum absolute atomic E-state index is 0.637.